The maximum atomic E-state index is 11.9. The number of hydrogen-bond acceptors (Lipinski definition) is 5. The summed E-state index contributed by atoms with van der Waals surface area (Å²) in [5.41, 5.74) is 2.75. The SMILES string of the molecule is O=C(Cc1csc(-c2ccsc2)n1)OCc1ccc(Cl)cc1. The van der Waals surface area contributed by atoms with Crippen LogP contribution in [-0.2, 0) is 22.6 Å². The number of hydrogen-bond donors (Lipinski definition) is 0. The van der Waals surface area contributed by atoms with Crippen molar-refractivity contribution in [3.63, 3.8) is 0 Å². The molecule has 3 rings (SSSR count). The van der Waals surface area contributed by atoms with Gasteiger partial charge in [0.05, 0.1) is 12.1 Å². The summed E-state index contributed by atoms with van der Waals surface area (Å²) in [6.45, 7) is 0.248. The Balaban J connectivity index is 1.54. The number of carbonyl (C=O) groups is 1. The third kappa shape index (κ3) is 3.94. The summed E-state index contributed by atoms with van der Waals surface area (Å²) in [4.78, 5) is 16.3. The van der Waals surface area contributed by atoms with Crippen molar-refractivity contribution < 1.29 is 9.53 Å². The van der Waals surface area contributed by atoms with Crippen LogP contribution in [0.4, 0.5) is 0 Å². The normalized spacial score (nSPS) is 10.6. The van der Waals surface area contributed by atoms with Crippen molar-refractivity contribution in [1.29, 1.82) is 0 Å². The minimum absolute atomic E-state index is 0.189. The fourth-order valence-corrected chi connectivity index (χ4v) is 3.51. The number of nitrogens with zero attached hydrogens (tertiary/aromatic N) is 1. The highest BCUT2D eigenvalue weighted by atomic mass is 35.5. The predicted octanol–water partition coefficient (Wildman–Crippen LogP) is 4.81. The van der Waals surface area contributed by atoms with Crippen LogP contribution in [0.5, 0.6) is 0 Å². The molecule has 0 N–H and O–H groups in total. The topological polar surface area (TPSA) is 39.2 Å². The zero-order chi connectivity index (χ0) is 15.4. The Morgan fingerprint density at radius 3 is 2.73 bits per heavy atom. The van der Waals surface area contributed by atoms with Crippen LogP contribution in [0, 0.1) is 0 Å². The average molecular weight is 350 g/mol. The Morgan fingerprint density at radius 2 is 2.00 bits per heavy atom. The molecule has 0 fully saturated rings. The van der Waals surface area contributed by atoms with Gasteiger partial charge in [0.2, 0.25) is 0 Å². The first-order chi connectivity index (χ1) is 10.7. The number of rotatable bonds is 5. The summed E-state index contributed by atoms with van der Waals surface area (Å²) in [5.74, 6) is -0.280. The van der Waals surface area contributed by atoms with E-state index in [9.17, 15) is 4.79 Å². The minimum Gasteiger partial charge on any atom is -0.461 e. The number of thiophene rings is 1. The van der Waals surface area contributed by atoms with E-state index < -0.39 is 0 Å². The number of ether oxygens (including phenoxy) is 1. The number of thiazole rings is 1. The lowest BCUT2D eigenvalue weighted by molar-refractivity contribution is -0.144. The highest BCUT2D eigenvalue weighted by Gasteiger charge is 2.10. The van der Waals surface area contributed by atoms with E-state index in [1.54, 1.807) is 23.5 Å². The van der Waals surface area contributed by atoms with Crippen molar-refractivity contribution in [3.8, 4) is 10.6 Å². The molecule has 1 aromatic carbocycles. The summed E-state index contributed by atoms with van der Waals surface area (Å²) in [6, 6.07) is 9.25. The van der Waals surface area contributed by atoms with Gasteiger partial charge in [-0.15, -0.1) is 11.3 Å². The smallest absolute Gasteiger partial charge is 0.312 e. The summed E-state index contributed by atoms with van der Waals surface area (Å²) < 4.78 is 5.26. The molecule has 0 saturated carbocycles. The van der Waals surface area contributed by atoms with Crippen LogP contribution in [0.2, 0.25) is 5.02 Å². The average Bonchev–Trinajstić information content (AvgIpc) is 3.17. The van der Waals surface area contributed by atoms with E-state index >= 15 is 0 Å². The third-order valence-corrected chi connectivity index (χ3v) is 4.83. The number of esters is 1. The van der Waals surface area contributed by atoms with Gasteiger partial charge in [-0.1, -0.05) is 23.7 Å². The molecule has 6 heteroatoms. The second-order valence-electron chi connectivity index (χ2n) is 4.62. The summed E-state index contributed by atoms with van der Waals surface area (Å²) in [6.07, 6.45) is 0.189. The van der Waals surface area contributed by atoms with Crippen LogP contribution in [0.1, 0.15) is 11.3 Å². The molecule has 22 heavy (non-hydrogen) atoms. The Labute approximate surface area is 141 Å². The zero-order valence-corrected chi connectivity index (χ0v) is 13.9. The Kier molecular flexibility index (Phi) is 4.87. The molecule has 0 aliphatic heterocycles. The fraction of sp³-hybridized carbons (Fsp3) is 0.125. The summed E-state index contributed by atoms with van der Waals surface area (Å²) >= 11 is 8.98. The van der Waals surface area contributed by atoms with Crippen molar-refractivity contribution >= 4 is 40.2 Å². The molecule has 0 amide bonds. The van der Waals surface area contributed by atoms with E-state index in [2.05, 4.69) is 4.98 Å². The van der Waals surface area contributed by atoms with E-state index in [0.717, 1.165) is 21.8 Å². The molecule has 0 bridgehead atoms. The van der Waals surface area contributed by atoms with E-state index in [4.69, 9.17) is 16.3 Å². The zero-order valence-electron chi connectivity index (χ0n) is 11.5. The maximum absolute atomic E-state index is 11.9. The number of aromatic nitrogens is 1. The van der Waals surface area contributed by atoms with Crippen molar-refractivity contribution in [1.82, 2.24) is 4.98 Å². The maximum Gasteiger partial charge on any atom is 0.312 e. The highest BCUT2D eigenvalue weighted by molar-refractivity contribution is 7.14. The molecule has 0 aliphatic carbocycles. The Morgan fingerprint density at radius 1 is 1.18 bits per heavy atom. The molecule has 3 nitrogen and oxygen atoms in total. The molecule has 0 radical (unpaired) electrons. The van der Waals surface area contributed by atoms with Crippen molar-refractivity contribution in [2.45, 2.75) is 13.0 Å². The predicted molar refractivity (Wildman–Crippen MR) is 90.4 cm³/mol. The standard InChI is InChI=1S/C16H12ClNO2S2/c17-13-3-1-11(2-4-13)8-20-15(19)7-14-10-22-16(18-14)12-5-6-21-9-12/h1-6,9-10H,7-8H2. The van der Waals surface area contributed by atoms with Crippen LogP contribution < -0.4 is 0 Å². The van der Waals surface area contributed by atoms with Gasteiger partial charge in [0.1, 0.15) is 11.6 Å². The number of benzene rings is 1. The lowest BCUT2D eigenvalue weighted by atomic mass is 10.2. The van der Waals surface area contributed by atoms with Crippen LogP contribution >= 0.6 is 34.3 Å². The van der Waals surface area contributed by atoms with E-state index in [1.165, 1.54) is 11.3 Å². The number of halogens is 1. The van der Waals surface area contributed by atoms with Gasteiger partial charge in [0, 0.05) is 21.3 Å². The molecular weight excluding hydrogens is 338 g/mol. The third-order valence-electron chi connectivity index (χ3n) is 2.96. The van der Waals surface area contributed by atoms with Crippen LogP contribution in [0.3, 0.4) is 0 Å². The van der Waals surface area contributed by atoms with Crippen LogP contribution in [-0.4, -0.2) is 11.0 Å². The summed E-state index contributed by atoms with van der Waals surface area (Å²) in [7, 11) is 0. The minimum atomic E-state index is -0.280. The molecular formula is C16H12ClNO2S2. The molecule has 0 aliphatic rings. The number of carbonyl (C=O) groups excluding carboxylic acids is 1. The van der Waals surface area contributed by atoms with Crippen molar-refractivity contribution in [3.05, 3.63) is 62.8 Å². The molecule has 112 valence electrons. The lowest BCUT2D eigenvalue weighted by Crippen LogP contribution is -2.08. The van der Waals surface area contributed by atoms with Crippen LogP contribution in [0.25, 0.3) is 10.6 Å². The molecule has 0 spiro atoms. The molecule has 2 heterocycles. The lowest BCUT2D eigenvalue weighted by Gasteiger charge is -2.04. The highest BCUT2D eigenvalue weighted by Crippen LogP contribution is 2.25. The second kappa shape index (κ2) is 7.05. The largest absolute Gasteiger partial charge is 0.461 e. The van der Waals surface area contributed by atoms with Gasteiger partial charge in [0.15, 0.2) is 0 Å². The second-order valence-corrected chi connectivity index (χ2v) is 6.69. The molecule has 0 unspecified atom stereocenters. The van der Waals surface area contributed by atoms with Crippen molar-refractivity contribution in [2.24, 2.45) is 0 Å². The van der Waals surface area contributed by atoms with E-state index in [1.807, 2.05) is 34.3 Å². The van der Waals surface area contributed by atoms with Gasteiger partial charge in [0.25, 0.3) is 0 Å². The van der Waals surface area contributed by atoms with Gasteiger partial charge < -0.3 is 4.74 Å². The van der Waals surface area contributed by atoms with E-state index in [-0.39, 0.29) is 19.0 Å². The first kappa shape index (κ1) is 15.2. The van der Waals surface area contributed by atoms with Gasteiger partial charge in [-0.25, -0.2) is 4.98 Å². The monoisotopic (exact) mass is 349 g/mol. The van der Waals surface area contributed by atoms with Gasteiger partial charge in [-0.05, 0) is 29.1 Å². The molecule has 2 aromatic heterocycles. The Hall–Kier alpha value is -1.69. The molecule has 3 aromatic rings. The van der Waals surface area contributed by atoms with Gasteiger partial charge >= 0.3 is 5.97 Å². The van der Waals surface area contributed by atoms with Crippen molar-refractivity contribution in [2.75, 3.05) is 0 Å². The quantitative estimate of drug-likeness (QED) is 0.620. The summed E-state index contributed by atoms with van der Waals surface area (Å²) in [5, 5.41) is 7.55. The van der Waals surface area contributed by atoms with Gasteiger partial charge in [-0.3, -0.25) is 4.79 Å². The first-order valence-corrected chi connectivity index (χ1v) is 8.78. The Bertz CT molecular complexity index is 751. The molecule has 0 atom stereocenters. The van der Waals surface area contributed by atoms with Gasteiger partial charge in [-0.2, -0.15) is 11.3 Å². The molecule has 0 saturated heterocycles. The fourth-order valence-electron chi connectivity index (χ4n) is 1.85. The van der Waals surface area contributed by atoms with Crippen LogP contribution in [0.15, 0.2) is 46.5 Å². The first-order valence-electron chi connectivity index (χ1n) is 6.58. The van der Waals surface area contributed by atoms with E-state index in [0.29, 0.717) is 5.02 Å².